The number of halogens is 1. The van der Waals surface area contributed by atoms with Gasteiger partial charge in [-0.25, -0.2) is 4.21 Å². The third-order valence-electron chi connectivity index (χ3n) is 11.2. The number of anilines is 1. The molecule has 4 heterocycles. The molecule has 10 nitrogen and oxygen atoms in total. The lowest BCUT2D eigenvalue weighted by molar-refractivity contribution is 0.220. The molecule has 0 fully saturated rings. The van der Waals surface area contributed by atoms with E-state index in [0.29, 0.717) is 68.0 Å². The third kappa shape index (κ3) is 7.25. The fourth-order valence-electron chi connectivity index (χ4n) is 8.15. The maximum absolute atomic E-state index is 13.8. The first-order valence-electron chi connectivity index (χ1n) is 18.7. The van der Waals surface area contributed by atoms with Gasteiger partial charge in [0.05, 0.1) is 39.0 Å². The smallest absolute Gasteiger partial charge is 0.204 e. The highest BCUT2D eigenvalue weighted by Gasteiger charge is 2.35. The first-order valence-corrected chi connectivity index (χ1v) is 20.2. The standard InChI is InChI=1S/C44H46ClN3O7S/c1-47-17-15-27-21-37(50-3)40-24-33(27)35(47)19-26-7-11-31(12-8-26)54-39-23-29(34(25-38(39)51-4)46-56(49)32-13-9-30(45)10-14-32)20-36-42-28(16-18-48(36)2)22-41(52-5)43(53-6)44(42)55-40/h7-14,21-25,35-36,46H,15-20H2,1-6H3/t35-,36-,56?/m0/s1. The molecule has 5 aromatic rings. The molecule has 0 saturated carbocycles. The molecule has 4 aliphatic rings. The molecule has 6 bridgehead atoms. The van der Waals surface area contributed by atoms with E-state index in [1.54, 1.807) is 52.7 Å². The Balaban J connectivity index is 1.35. The second kappa shape index (κ2) is 15.9. The summed E-state index contributed by atoms with van der Waals surface area (Å²) in [6, 6.07) is 25.3. The van der Waals surface area contributed by atoms with Crippen molar-refractivity contribution in [3.63, 3.8) is 0 Å². The highest BCUT2D eigenvalue weighted by Crippen LogP contribution is 2.52. The van der Waals surface area contributed by atoms with Crippen LogP contribution in [0.25, 0.3) is 0 Å². The number of likely N-dealkylation sites (N-methyl/N-ethyl adjacent to an activating group) is 2. The summed E-state index contributed by atoms with van der Waals surface area (Å²) in [6.07, 6.45) is 2.95. The van der Waals surface area contributed by atoms with Crippen LogP contribution in [0.2, 0.25) is 5.02 Å². The van der Waals surface area contributed by atoms with Crippen LogP contribution >= 0.6 is 11.6 Å². The zero-order valence-electron chi connectivity index (χ0n) is 32.4. The van der Waals surface area contributed by atoms with Gasteiger partial charge >= 0.3 is 0 Å². The second-order valence-corrected chi connectivity index (χ2v) is 16.1. The van der Waals surface area contributed by atoms with Crippen LogP contribution in [0.5, 0.6) is 46.0 Å². The highest BCUT2D eigenvalue weighted by molar-refractivity contribution is 7.86. The Kier molecular flexibility index (Phi) is 10.8. The molecule has 0 aliphatic carbocycles. The first kappa shape index (κ1) is 38.0. The molecular formula is C44H46ClN3O7S. The topological polar surface area (TPSA) is 91.0 Å². The Morgan fingerprint density at radius 2 is 1.34 bits per heavy atom. The van der Waals surface area contributed by atoms with E-state index in [1.165, 1.54) is 16.7 Å². The summed E-state index contributed by atoms with van der Waals surface area (Å²) in [5.74, 6) is 4.62. The van der Waals surface area contributed by atoms with E-state index < -0.39 is 11.0 Å². The van der Waals surface area contributed by atoms with Crippen molar-refractivity contribution >= 4 is 28.3 Å². The van der Waals surface area contributed by atoms with Crippen LogP contribution in [0.1, 0.15) is 45.5 Å². The van der Waals surface area contributed by atoms with Crippen molar-refractivity contribution < 1.29 is 32.6 Å². The van der Waals surface area contributed by atoms with Gasteiger partial charge in [-0.1, -0.05) is 23.7 Å². The van der Waals surface area contributed by atoms with Crippen molar-refractivity contribution in [2.24, 2.45) is 0 Å². The number of rotatable bonds is 7. The molecule has 5 aromatic carbocycles. The number of hydrogen-bond acceptors (Lipinski definition) is 9. The van der Waals surface area contributed by atoms with Gasteiger partial charge in [0.15, 0.2) is 34.5 Å². The number of nitrogens with zero attached hydrogens (tertiary/aromatic N) is 2. The van der Waals surface area contributed by atoms with Gasteiger partial charge in [0.2, 0.25) is 5.75 Å². The van der Waals surface area contributed by atoms with Gasteiger partial charge in [-0.3, -0.25) is 9.80 Å². The lowest BCUT2D eigenvalue weighted by Gasteiger charge is -2.37. The molecule has 0 amide bonds. The molecule has 1 N–H and O–H groups in total. The Hall–Kier alpha value is -4.94. The molecule has 3 atom stereocenters. The zero-order chi connectivity index (χ0) is 39.1. The molecule has 4 aliphatic heterocycles. The molecule has 1 unspecified atom stereocenters. The Morgan fingerprint density at radius 1 is 0.696 bits per heavy atom. The van der Waals surface area contributed by atoms with Crippen LogP contribution in [0, 0.1) is 0 Å². The van der Waals surface area contributed by atoms with Crippen molar-refractivity contribution in [1.82, 2.24) is 9.80 Å². The molecule has 0 saturated heterocycles. The fourth-order valence-corrected chi connectivity index (χ4v) is 9.17. The lowest BCUT2D eigenvalue weighted by Crippen LogP contribution is -2.34. The summed E-state index contributed by atoms with van der Waals surface area (Å²) in [7, 11) is 9.25. The van der Waals surface area contributed by atoms with Gasteiger partial charge < -0.3 is 33.1 Å². The second-order valence-electron chi connectivity index (χ2n) is 14.4. The number of fused-ring (bicyclic) bond motifs is 2. The summed E-state index contributed by atoms with van der Waals surface area (Å²) in [5.41, 5.74) is 7.19. The quantitative estimate of drug-likeness (QED) is 0.173. The van der Waals surface area contributed by atoms with E-state index in [9.17, 15) is 4.21 Å². The number of hydrogen-bond donors (Lipinski definition) is 1. The Labute approximate surface area is 335 Å². The summed E-state index contributed by atoms with van der Waals surface area (Å²) in [4.78, 5) is 5.31. The monoisotopic (exact) mass is 795 g/mol. The number of nitrogens with one attached hydrogen (secondary N) is 1. The van der Waals surface area contributed by atoms with Gasteiger partial charge in [-0.05, 0) is 128 Å². The Morgan fingerprint density at radius 3 is 2.04 bits per heavy atom. The minimum Gasteiger partial charge on any atom is -0.493 e. The first-order chi connectivity index (χ1) is 27.2. The molecule has 292 valence electrons. The van der Waals surface area contributed by atoms with Gasteiger partial charge in [-0.2, -0.15) is 0 Å². The summed E-state index contributed by atoms with van der Waals surface area (Å²) in [6.45, 7) is 1.71. The van der Waals surface area contributed by atoms with E-state index in [4.69, 9.17) is 40.0 Å². The maximum atomic E-state index is 13.8. The van der Waals surface area contributed by atoms with Crippen molar-refractivity contribution in [1.29, 1.82) is 0 Å². The van der Waals surface area contributed by atoms with Crippen molar-refractivity contribution in [2.45, 2.75) is 42.7 Å². The van der Waals surface area contributed by atoms with Gasteiger partial charge in [0, 0.05) is 41.8 Å². The summed E-state index contributed by atoms with van der Waals surface area (Å²) < 4.78 is 54.8. The molecular weight excluding hydrogens is 750 g/mol. The average molecular weight is 796 g/mol. The van der Waals surface area contributed by atoms with Crippen LogP contribution in [0.3, 0.4) is 0 Å². The van der Waals surface area contributed by atoms with Crippen molar-refractivity contribution in [3.8, 4) is 46.0 Å². The predicted molar refractivity (Wildman–Crippen MR) is 219 cm³/mol. The normalized spacial score (nSPS) is 18.3. The molecule has 0 radical (unpaired) electrons. The van der Waals surface area contributed by atoms with Crippen molar-refractivity contribution in [3.05, 3.63) is 117 Å². The number of benzene rings is 5. The lowest BCUT2D eigenvalue weighted by atomic mass is 9.87. The largest absolute Gasteiger partial charge is 0.493 e. The third-order valence-corrected chi connectivity index (χ3v) is 12.6. The molecule has 56 heavy (non-hydrogen) atoms. The highest BCUT2D eigenvalue weighted by atomic mass is 35.5. The van der Waals surface area contributed by atoms with E-state index in [-0.39, 0.29) is 12.1 Å². The van der Waals surface area contributed by atoms with Gasteiger partial charge in [0.1, 0.15) is 16.7 Å². The zero-order valence-corrected chi connectivity index (χ0v) is 34.0. The fraction of sp³-hybridized carbons (Fsp3) is 0.318. The number of ether oxygens (including phenoxy) is 6. The van der Waals surface area contributed by atoms with E-state index in [2.05, 4.69) is 58.9 Å². The van der Waals surface area contributed by atoms with Gasteiger partial charge in [-0.15, -0.1) is 0 Å². The van der Waals surface area contributed by atoms with Crippen LogP contribution < -0.4 is 33.1 Å². The van der Waals surface area contributed by atoms with Crippen LogP contribution in [0.4, 0.5) is 5.69 Å². The van der Waals surface area contributed by atoms with Gasteiger partial charge in [0.25, 0.3) is 0 Å². The van der Waals surface area contributed by atoms with E-state index >= 15 is 0 Å². The summed E-state index contributed by atoms with van der Waals surface area (Å²) in [5, 5.41) is 0.567. The Bertz CT molecular complexity index is 2290. The van der Waals surface area contributed by atoms with E-state index in [1.807, 2.05) is 24.3 Å². The predicted octanol–water partition coefficient (Wildman–Crippen LogP) is 8.95. The molecule has 12 heteroatoms. The minimum absolute atomic E-state index is 0.110. The average Bonchev–Trinajstić information content (AvgIpc) is 3.20. The molecule has 9 rings (SSSR count). The van der Waals surface area contributed by atoms with Crippen molar-refractivity contribution in [2.75, 3.05) is 60.3 Å². The maximum Gasteiger partial charge on any atom is 0.204 e. The SMILES string of the molecule is COc1cc(NS(=O)c2ccc(Cl)cc2)c2cc1Oc1ccc(cc1)C[C@H]1c3cc(c(OC)cc3CCN1C)Oc1c(OC)c(OC)cc3c1[C@H](C2)N(C)CC3. The van der Waals surface area contributed by atoms with Crippen LogP contribution in [-0.4, -0.2) is 69.6 Å². The van der Waals surface area contributed by atoms with Crippen LogP contribution in [0.15, 0.2) is 83.8 Å². The molecule has 0 spiro atoms. The van der Waals surface area contributed by atoms with E-state index in [0.717, 1.165) is 49.0 Å². The van der Waals surface area contributed by atoms with Crippen LogP contribution in [-0.2, 0) is 36.7 Å². The molecule has 0 aromatic heterocycles. The minimum atomic E-state index is -1.61. The number of methoxy groups -OCH3 is 4. The summed E-state index contributed by atoms with van der Waals surface area (Å²) >= 11 is 6.17.